The number of benzene rings is 1. The van der Waals surface area contributed by atoms with Crippen molar-refractivity contribution in [2.75, 3.05) is 5.32 Å². The summed E-state index contributed by atoms with van der Waals surface area (Å²) >= 11 is 5.92. The molecule has 1 aliphatic rings. The molecule has 1 saturated carbocycles. The minimum Gasteiger partial charge on any atom is -0.382 e. The Morgan fingerprint density at radius 3 is 2.82 bits per heavy atom. The maximum Gasteiger partial charge on any atom is 0.101 e. The normalized spacial score (nSPS) is 22.1. The van der Waals surface area contributed by atoms with E-state index < -0.39 is 0 Å². The van der Waals surface area contributed by atoms with Crippen LogP contribution < -0.4 is 5.32 Å². The molecular weight excluding hydrogens is 232 g/mol. The van der Waals surface area contributed by atoms with Crippen LogP contribution >= 0.6 is 11.6 Å². The second-order valence-corrected chi connectivity index (χ2v) is 5.79. The number of hydrogen-bond donors (Lipinski definition) is 1. The van der Waals surface area contributed by atoms with E-state index in [9.17, 15) is 0 Å². The lowest BCUT2D eigenvalue weighted by Gasteiger charge is -2.28. The number of nitriles is 1. The van der Waals surface area contributed by atoms with E-state index in [-0.39, 0.29) is 0 Å². The zero-order valence-corrected chi connectivity index (χ0v) is 11.0. The van der Waals surface area contributed by atoms with Crippen molar-refractivity contribution in [1.29, 1.82) is 5.26 Å². The topological polar surface area (TPSA) is 35.8 Å². The molecule has 1 fully saturated rings. The summed E-state index contributed by atoms with van der Waals surface area (Å²) in [5.74, 6) is 0. The van der Waals surface area contributed by atoms with Gasteiger partial charge in [-0.25, -0.2) is 0 Å². The Hall–Kier alpha value is -1.20. The highest BCUT2D eigenvalue weighted by molar-refractivity contribution is 6.31. The second kappa shape index (κ2) is 4.58. The number of halogens is 1. The summed E-state index contributed by atoms with van der Waals surface area (Å²) in [4.78, 5) is 0. The molecule has 1 N–H and O–H groups in total. The number of hydrogen-bond acceptors (Lipinski definition) is 2. The molecule has 1 aliphatic carbocycles. The van der Waals surface area contributed by atoms with E-state index in [1.54, 1.807) is 6.07 Å². The fourth-order valence-electron chi connectivity index (χ4n) is 2.50. The summed E-state index contributed by atoms with van der Waals surface area (Å²) in [5, 5.41) is 13.0. The number of nitrogens with one attached hydrogen (secondary N) is 1. The van der Waals surface area contributed by atoms with Crippen LogP contribution in [0.5, 0.6) is 0 Å². The minimum absolute atomic E-state index is 0.326. The Morgan fingerprint density at radius 1 is 1.47 bits per heavy atom. The number of nitrogens with zero attached hydrogens (tertiary/aromatic N) is 1. The van der Waals surface area contributed by atoms with Gasteiger partial charge in [0.05, 0.1) is 10.6 Å². The van der Waals surface area contributed by atoms with Crippen LogP contribution in [-0.4, -0.2) is 6.04 Å². The van der Waals surface area contributed by atoms with E-state index in [0.29, 0.717) is 22.0 Å². The van der Waals surface area contributed by atoms with Crippen molar-refractivity contribution in [1.82, 2.24) is 0 Å². The van der Waals surface area contributed by atoms with Crippen molar-refractivity contribution in [3.8, 4) is 6.07 Å². The quantitative estimate of drug-likeness (QED) is 0.851. The fraction of sp³-hybridized carbons (Fsp3) is 0.500. The maximum atomic E-state index is 8.94. The van der Waals surface area contributed by atoms with Crippen LogP contribution in [0.1, 0.15) is 38.7 Å². The summed E-state index contributed by atoms with van der Waals surface area (Å²) in [6, 6.07) is 8.15. The average Bonchev–Trinajstić information content (AvgIpc) is 2.61. The fourth-order valence-corrected chi connectivity index (χ4v) is 2.66. The first-order valence-electron chi connectivity index (χ1n) is 5.99. The van der Waals surface area contributed by atoms with Crippen molar-refractivity contribution >= 4 is 17.3 Å². The van der Waals surface area contributed by atoms with Crippen LogP contribution in [0.2, 0.25) is 5.02 Å². The van der Waals surface area contributed by atoms with Crippen molar-refractivity contribution in [3.05, 3.63) is 28.8 Å². The molecule has 0 heterocycles. The molecule has 1 aromatic rings. The van der Waals surface area contributed by atoms with Gasteiger partial charge in [-0.1, -0.05) is 31.9 Å². The van der Waals surface area contributed by atoms with Crippen LogP contribution in [0.3, 0.4) is 0 Å². The smallest absolute Gasteiger partial charge is 0.101 e. The third-order valence-electron chi connectivity index (χ3n) is 3.68. The highest BCUT2D eigenvalue weighted by atomic mass is 35.5. The van der Waals surface area contributed by atoms with Gasteiger partial charge in [0.2, 0.25) is 0 Å². The summed E-state index contributed by atoms with van der Waals surface area (Å²) in [5.41, 5.74) is 1.85. The van der Waals surface area contributed by atoms with Gasteiger partial charge in [-0.2, -0.15) is 5.26 Å². The molecule has 1 unspecified atom stereocenters. The Labute approximate surface area is 108 Å². The molecular formula is C14H17ClN2. The lowest BCUT2D eigenvalue weighted by molar-refractivity contribution is 0.350. The molecule has 0 bridgehead atoms. The number of anilines is 1. The minimum atomic E-state index is 0.326. The van der Waals surface area contributed by atoms with E-state index in [0.717, 1.165) is 5.69 Å². The third kappa shape index (κ3) is 2.56. The highest BCUT2D eigenvalue weighted by Crippen LogP contribution is 2.39. The van der Waals surface area contributed by atoms with Gasteiger partial charge in [0, 0.05) is 11.7 Å². The van der Waals surface area contributed by atoms with Gasteiger partial charge in [0.1, 0.15) is 6.07 Å². The molecule has 0 spiro atoms. The third-order valence-corrected chi connectivity index (χ3v) is 4.01. The van der Waals surface area contributed by atoms with Crippen LogP contribution in [0, 0.1) is 16.7 Å². The summed E-state index contributed by atoms with van der Waals surface area (Å²) in [7, 11) is 0. The standard InChI is InChI=1S/C14H17ClN2/c1-14(2)7-3-4-13(14)17-11-5-6-12(15)10(8-11)9-16/h5-6,8,13,17H,3-4,7H2,1-2H3. The molecule has 1 atom stereocenters. The van der Waals surface area contributed by atoms with Crippen molar-refractivity contribution in [2.45, 2.75) is 39.2 Å². The van der Waals surface area contributed by atoms with Gasteiger partial charge in [0.25, 0.3) is 0 Å². The van der Waals surface area contributed by atoms with Gasteiger partial charge in [-0.05, 0) is 36.5 Å². The molecule has 17 heavy (non-hydrogen) atoms. The Morgan fingerprint density at radius 2 is 2.24 bits per heavy atom. The van der Waals surface area contributed by atoms with Crippen molar-refractivity contribution in [3.63, 3.8) is 0 Å². The van der Waals surface area contributed by atoms with E-state index in [4.69, 9.17) is 16.9 Å². The predicted molar refractivity (Wildman–Crippen MR) is 71.2 cm³/mol. The van der Waals surface area contributed by atoms with Crippen molar-refractivity contribution in [2.24, 2.45) is 5.41 Å². The zero-order chi connectivity index (χ0) is 12.5. The van der Waals surface area contributed by atoms with Crippen LogP contribution in [0.15, 0.2) is 18.2 Å². The zero-order valence-electron chi connectivity index (χ0n) is 10.3. The first-order chi connectivity index (χ1) is 8.03. The first kappa shape index (κ1) is 12.3. The molecule has 1 aromatic carbocycles. The Balaban J connectivity index is 2.17. The average molecular weight is 249 g/mol. The maximum absolute atomic E-state index is 8.94. The molecule has 0 aromatic heterocycles. The number of rotatable bonds is 2. The summed E-state index contributed by atoms with van der Waals surface area (Å²) in [6.45, 7) is 4.58. The van der Waals surface area contributed by atoms with Gasteiger partial charge in [-0.15, -0.1) is 0 Å². The molecule has 3 heteroatoms. The van der Waals surface area contributed by atoms with E-state index in [2.05, 4.69) is 25.2 Å². The van der Waals surface area contributed by atoms with E-state index in [1.807, 2.05) is 12.1 Å². The first-order valence-corrected chi connectivity index (χ1v) is 6.37. The van der Waals surface area contributed by atoms with Crippen molar-refractivity contribution < 1.29 is 0 Å². The molecule has 90 valence electrons. The SMILES string of the molecule is CC1(C)CCCC1Nc1ccc(Cl)c(C#N)c1. The predicted octanol–water partition coefficient (Wildman–Crippen LogP) is 4.20. The van der Waals surface area contributed by atoms with Gasteiger partial charge in [0.15, 0.2) is 0 Å². The largest absolute Gasteiger partial charge is 0.382 e. The van der Waals surface area contributed by atoms with Crippen LogP contribution in [0.4, 0.5) is 5.69 Å². The molecule has 0 amide bonds. The molecule has 2 rings (SSSR count). The van der Waals surface area contributed by atoms with Gasteiger partial charge < -0.3 is 5.32 Å². The molecule has 0 saturated heterocycles. The van der Waals surface area contributed by atoms with E-state index >= 15 is 0 Å². The summed E-state index contributed by atoms with van der Waals surface area (Å²) in [6.07, 6.45) is 3.71. The molecule has 2 nitrogen and oxygen atoms in total. The monoisotopic (exact) mass is 248 g/mol. The van der Waals surface area contributed by atoms with E-state index in [1.165, 1.54) is 19.3 Å². The Bertz CT molecular complexity index is 460. The second-order valence-electron chi connectivity index (χ2n) is 5.38. The Kier molecular flexibility index (Phi) is 3.31. The highest BCUT2D eigenvalue weighted by Gasteiger charge is 2.34. The van der Waals surface area contributed by atoms with Crippen LogP contribution in [-0.2, 0) is 0 Å². The lowest BCUT2D eigenvalue weighted by atomic mass is 9.87. The lowest BCUT2D eigenvalue weighted by Crippen LogP contribution is -2.30. The summed E-state index contributed by atoms with van der Waals surface area (Å²) < 4.78 is 0. The van der Waals surface area contributed by atoms with Gasteiger partial charge in [-0.3, -0.25) is 0 Å². The van der Waals surface area contributed by atoms with Crippen LogP contribution in [0.25, 0.3) is 0 Å². The molecule has 0 aliphatic heterocycles. The van der Waals surface area contributed by atoms with Gasteiger partial charge >= 0.3 is 0 Å². The molecule has 0 radical (unpaired) electrons.